The van der Waals surface area contributed by atoms with E-state index < -0.39 is 38.8 Å². The second-order valence-corrected chi connectivity index (χ2v) is 9.14. The molecule has 0 bridgehead atoms. The van der Waals surface area contributed by atoms with Crippen LogP contribution in [0.3, 0.4) is 0 Å². The molecule has 2 fully saturated rings. The third-order valence-corrected chi connectivity index (χ3v) is 7.17. The number of nitrogens with one attached hydrogen (secondary N) is 1. The van der Waals surface area contributed by atoms with E-state index in [0.29, 0.717) is 12.8 Å². The number of benzene rings is 1. The summed E-state index contributed by atoms with van der Waals surface area (Å²) in [4.78, 5) is 10.5. The van der Waals surface area contributed by atoms with Gasteiger partial charge in [0.1, 0.15) is 5.69 Å². The summed E-state index contributed by atoms with van der Waals surface area (Å²) in [6.07, 6.45) is -3.62. The standard InChI is InChI=1S/C17H22F3N3O5S/c18-17(19,20)12-2-1-3-13(10-12)21-15-5-4-14(11-16(15)23(24)25)29(26,27)22-6-8-28-9-7-22/h4-5,11-13,21H,1-3,6-10H2. The molecule has 1 heterocycles. The average molecular weight is 437 g/mol. The maximum absolute atomic E-state index is 13.0. The van der Waals surface area contributed by atoms with E-state index in [0.717, 1.165) is 6.07 Å². The molecule has 1 saturated heterocycles. The SMILES string of the molecule is O=[N+]([O-])c1cc(S(=O)(=O)N2CCOCC2)ccc1NC1CCCC(C(F)(F)F)C1. The van der Waals surface area contributed by atoms with Crippen LogP contribution in [0.1, 0.15) is 25.7 Å². The van der Waals surface area contributed by atoms with E-state index in [1.54, 1.807) is 0 Å². The second kappa shape index (κ2) is 8.44. The van der Waals surface area contributed by atoms with Crippen molar-refractivity contribution >= 4 is 21.4 Å². The zero-order chi connectivity index (χ0) is 21.2. The number of anilines is 1. The van der Waals surface area contributed by atoms with Crippen LogP contribution in [-0.2, 0) is 14.8 Å². The molecule has 1 aromatic carbocycles. The lowest BCUT2D eigenvalue weighted by Crippen LogP contribution is -2.40. The molecule has 3 rings (SSSR count). The molecule has 1 N–H and O–H groups in total. The molecular formula is C17H22F3N3O5S. The Morgan fingerprint density at radius 3 is 2.52 bits per heavy atom. The van der Waals surface area contributed by atoms with Crippen molar-refractivity contribution < 1.29 is 31.2 Å². The van der Waals surface area contributed by atoms with Gasteiger partial charge in [-0.1, -0.05) is 6.42 Å². The van der Waals surface area contributed by atoms with E-state index in [-0.39, 0.29) is 49.7 Å². The van der Waals surface area contributed by atoms with Gasteiger partial charge in [-0.25, -0.2) is 8.42 Å². The van der Waals surface area contributed by atoms with Crippen molar-refractivity contribution in [1.29, 1.82) is 0 Å². The van der Waals surface area contributed by atoms with Gasteiger partial charge >= 0.3 is 6.18 Å². The van der Waals surface area contributed by atoms with Gasteiger partial charge in [-0.3, -0.25) is 10.1 Å². The highest BCUT2D eigenvalue weighted by Crippen LogP contribution is 2.39. The number of halogens is 3. The minimum atomic E-state index is -4.30. The van der Waals surface area contributed by atoms with Crippen LogP contribution in [0.15, 0.2) is 23.1 Å². The van der Waals surface area contributed by atoms with Gasteiger partial charge in [0.15, 0.2) is 0 Å². The Morgan fingerprint density at radius 2 is 1.90 bits per heavy atom. The van der Waals surface area contributed by atoms with Crippen molar-refractivity contribution in [2.24, 2.45) is 5.92 Å². The summed E-state index contributed by atoms with van der Waals surface area (Å²) < 4.78 is 70.8. The van der Waals surface area contributed by atoms with Crippen LogP contribution in [0.4, 0.5) is 24.5 Å². The monoisotopic (exact) mass is 437 g/mol. The van der Waals surface area contributed by atoms with E-state index in [1.807, 2.05) is 0 Å². The number of ether oxygens (including phenoxy) is 1. The van der Waals surface area contributed by atoms with E-state index in [2.05, 4.69) is 5.32 Å². The Morgan fingerprint density at radius 1 is 1.21 bits per heavy atom. The highest BCUT2D eigenvalue weighted by atomic mass is 32.2. The molecule has 0 amide bonds. The molecule has 29 heavy (non-hydrogen) atoms. The summed E-state index contributed by atoms with van der Waals surface area (Å²) >= 11 is 0. The summed E-state index contributed by atoms with van der Waals surface area (Å²) in [5.74, 6) is -1.45. The van der Waals surface area contributed by atoms with Gasteiger partial charge in [0.25, 0.3) is 5.69 Å². The molecule has 162 valence electrons. The summed E-state index contributed by atoms with van der Waals surface area (Å²) in [6.45, 7) is 0.778. The van der Waals surface area contributed by atoms with Gasteiger partial charge in [0, 0.05) is 25.2 Å². The lowest BCUT2D eigenvalue weighted by atomic mass is 9.85. The number of nitrogens with zero attached hydrogens (tertiary/aromatic N) is 2. The normalized spacial score (nSPS) is 24.2. The largest absolute Gasteiger partial charge is 0.391 e. The van der Waals surface area contributed by atoms with Crippen molar-refractivity contribution in [2.45, 2.75) is 42.8 Å². The number of hydrogen-bond acceptors (Lipinski definition) is 6. The number of morpholine rings is 1. The highest BCUT2D eigenvalue weighted by Gasteiger charge is 2.42. The minimum Gasteiger partial charge on any atom is -0.379 e. The first-order valence-corrected chi connectivity index (χ1v) is 10.7. The van der Waals surface area contributed by atoms with Crippen molar-refractivity contribution in [3.63, 3.8) is 0 Å². The van der Waals surface area contributed by atoms with E-state index in [9.17, 15) is 31.7 Å². The molecular weight excluding hydrogens is 415 g/mol. The summed E-state index contributed by atoms with van der Waals surface area (Å²) in [7, 11) is -3.92. The molecule has 1 aromatic rings. The third kappa shape index (κ3) is 4.98. The quantitative estimate of drug-likeness (QED) is 0.561. The molecule has 2 atom stereocenters. The van der Waals surface area contributed by atoms with Crippen LogP contribution in [0.25, 0.3) is 0 Å². The van der Waals surface area contributed by atoms with Crippen LogP contribution in [-0.4, -0.2) is 56.2 Å². The Labute approximate surface area is 166 Å². The maximum atomic E-state index is 13.0. The summed E-state index contributed by atoms with van der Waals surface area (Å²) in [5.41, 5.74) is -0.461. The molecule has 1 aliphatic heterocycles. The van der Waals surface area contributed by atoms with Gasteiger partial charge < -0.3 is 10.1 Å². The fourth-order valence-electron chi connectivity index (χ4n) is 3.72. The zero-order valence-corrected chi connectivity index (χ0v) is 16.3. The van der Waals surface area contributed by atoms with Crippen LogP contribution < -0.4 is 5.32 Å². The Bertz CT molecular complexity index is 856. The van der Waals surface area contributed by atoms with Crippen molar-refractivity contribution in [3.8, 4) is 0 Å². The number of hydrogen-bond donors (Lipinski definition) is 1. The van der Waals surface area contributed by atoms with Gasteiger partial charge in [-0.05, 0) is 31.4 Å². The predicted octanol–water partition coefficient (Wildman–Crippen LogP) is 3.15. The van der Waals surface area contributed by atoms with Gasteiger partial charge in [-0.15, -0.1) is 0 Å². The summed E-state index contributed by atoms with van der Waals surface area (Å²) in [5, 5.41) is 14.3. The number of nitro benzene ring substituents is 1. The Hall–Kier alpha value is -1.92. The average Bonchev–Trinajstić information content (AvgIpc) is 2.68. The lowest BCUT2D eigenvalue weighted by Gasteiger charge is -2.31. The minimum absolute atomic E-state index is 0.0174. The second-order valence-electron chi connectivity index (χ2n) is 7.20. The van der Waals surface area contributed by atoms with E-state index >= 15 is 0 Å². The van der Waals surface area contributed by atoms with Crippen molar-refractivity contribution in [1.82, 2.24) is 4.31 Å². The van der Waals surface area contributed by atoms with Crippen LogP contribution in [0.5, 0.6) is 0 Å². The lowest BCUT2D eigenvalue weighted by molar-refractivity contribution is -0.384. The maximum Gasteiger partial charge on any atom is 0.391 e. The number of rotatable bonds is 5. The van der Waals surface area contributed by atoms with Crippen molar-refractivity contribution in [2.75, 3.05) is 31.6 Å². The third-order valence-electron chi connectivity index (χ3n) is 5.27. The Balaban J connectivity index is 1.82. The molecule has 0 spiro atoms. The first-order valence-electron chi connectivity index (χ1n) is 9.28. The highest BCUT2D eigenvalue weighted by molar-refractivity contribution is 7.89. The zero-order valence-electron chi connectivity index (χ0n) is 15.5. The number of sulfonamides is 1. The molecule has 2 aliphatic rings. The first-order chi connectivity index (χ1) is 13.6. The fourth-order valence-corrected chi connectivity index (χ4v) is 5.15. The molecule has 8 nitrogen and oxygen atoms in total. The molecule has 0 radical (unpaired) electrons. The smallest absolute Gasteiger partial charge is 0.379 e. The number of nitro groups is 1. The van der Waals surface area contributed by atoms with E-state index in [4.69, 9.17) is 4.74 Å². The van der Waals surface area contributed by atoms with Gasteiger partial charge in [0.05, 0.1) is 29.0 Å². The van der Waals surface area contributed by atoms with Gasteiger partial charge in [0.2, 0.25) is 10.0 Å². The molecule has 1 aliphatic carbocycles. The first kappa shape index (κ1) is 21.8. The molecule has 0 aromatic heterocycles. The molecule has 1 saturated carbocycles. The van der Waals surface area contributed by atoms with Gasteiger partial charge in [-0.2, -0.15) is 17.5 Å². The van der Waals surface area contributed by atoms with Crippen LogP contribution in [0.2, 0.25) is 0 Å². The van der Waals surface area contributed by atoms with Crippen molar-refractivity contribution in [3.05, 3.63) is 28.3 Å². The Kier molecular flexibility index (Phi) is 6.34. The predicted molar refractivity (Wildman–Crippen MR) is 98.1 cm³/mol. The molecule has 2 unspecified atom stereocenters. The number of alkyl halides is 3. The topological polar surface area (TPSA) is 102 Å². The molecule has 12 heteroatoms. The van der Waals surface area contributed by atoms with Crippen LogP contribution >= 0.6 is 0 Å². The summed E-state index contributed by atoms with van der Waals surface area (Å²) in [6, 6.07) is 2.88. The van der Waals surface area contributed by atoms with E-state index in [1.165, 1.54) is 16.4 Å². The fraction of sp³-hybridized carbons (Fsp3) is 0.647. The van der Waals surface area contributed by atoms with Crippen LogP contribution in [0, 0.1) is 16.0 Å².